The van der Waals surface area contributed by atoms with Gasteiger partial charge in [0.15, 0.2) is 0 Å². The Balaban J connectivity index is 3.40. The molecule has 0 aliphatic heterocycles. The first-order valence-electron chi connectivity index (χ1n) is 3.01. The predicted molar refractivity (Wildman–Crippen MR) is 42.5 cm³/mol. The summed E-state index contributed by atoms with van der Waals surface area (Å²) in [6, 6.07) is 3.10. The van der Waals surface area contributed by atoms with Gasteiger partial charge in [-0.1, -0.05) is 11.6 Å². The van der Waals surface area contributed by atoms with Gasteiger partial charge in [0, 0.05) is 6.20 Å². The third-order valence-corrected chi connectivity index (χ3v) is 1.57. The summed E-state index contributed by atoms with van der Waals surface area (Å²) in [5, 5.41) is 8.56. The molecular weight excluding hydrogens is 178 g/mol. The molecule has 0 fully saturated rings. The Bertz CT molecular complexity index is 369. The van der Waals surface area contributed by atoms with Crippen LogP contribution in [0.5, 0.6) is 0 Å². The zero-order chi connectivity index (χ0) is 9.14. The van der Waals surface area contributed by atoms with E-state index in [1.54, 1.807) is 6.07 Å². The molecule has 0 bridgehead atoms. The second kappa shape index (κ2) is 3.20. The average Bonchev–Trinajstić information content (AvgIpc) is 2.03. The number of aromatic nitrogens is 1. The van der Waals surface area contributed by atoms with Gasteiger partial charge in [0.1, 0.15) is 16.8 Å². The van der Waals surface area contributed by atoms with Crippen LogP contribution in [-0.4, -0.2) is 10.9 Å². The second-order valence-corrected chi connectivity index (χ2v) is 2.36. The summed E-state index contributed by atoms with van der Waals surface area (Å²) >= 11 is 5.53. The van der Waals surface area contributed by atoms with Crippen LogP contribution in [0.4, 0.5) is 0 Å². The van der Waals surface area contributed by atoms with Crippen molar-refractivity contribution in [2.45, 2.75) is 0 Å². The summed E-state index contributed by atoms with van der Waals surface area (Å²) in [5.41, 5.74) is 5.10. The SMILES string of the molecule is N#Cc1c(C(N)=O)ccnc1Cl. The van der Waals surface area contributed by atoms with Crippen LogP contribution in [0.25, 0.3) is 0 Å². The Hall–Kier alpha value is -1.60. The molecule has 1 rings (SSSR count). The van der Waals surface area contributed by atoms with Gasteiger partial charge in [0.2, 0.25) is 5.91 Å². The lowest BCUT2D eigenvalue weighted by Crippen LogP contribution is -2.13. The first kappa shape index (κ1) is 8.50. The van der Waals surface area contributed by atoms with Crippen LogP contribution in [0, 0.1) is 11.3 Å². The first-order valence-corrected chi connectivity index (χ1v) is 3.39. The highest BCUT2D eigenvalue weighted by Gasteiger charge is 2.11. The molecule has 1 heterocycles. The number of nitrogens with two attached hydrogens (primary N) is 1. The summed E-state index contributed by atoms with van der Waals surface area (Å²) in [5.74, 6) is -0.684. The molecular formula is C7H4ClN3O. The number of carbonyl (C=O) groups is 1. The van der Waals surface area contributed by atoms with Gasteiger partial charge < -0.3 is 5.73 Å². The molecule has 12 heavy (non-hydrogen) atoms. The highest BCUT2D eigenvalue weighted by molar-refractivity contribution is 6.31. The molecule has 0 saturated carbocycles. The summed E-state index contributed by atoms with van der Waals surface area (Å²) < 4.78 is 0. The molecule has 4 nitrogen and oxygen atoms in total. The van der Waals surface area contributed by atoms with Crippen LogP contribution in [-0.2, 0) is 0 Å². The van der Waals surface area contributed by atoms with Crippen molar-refractivity contribution in [2.24, 2.45) is 5.73 Å². The molecule has 2 N–H and O–H groups in total. The number of hydrogen-bond donors (Lipinski definition) is 1. The van der Waals surface area contributed by atoms with Gasteiger partial charge in [0.25, 0.3) is 0 Å². The van der Waals surface area contributed by atoms with Gasteiger partial charge in [0.05, 0.1) is 5.56 Å². The van der Waals surface area contributed by atoms with E-state index < -0.39 is 5.91 Å². The summed E-state index contributed by atoms with van der Waals surface area (Å²) in [6.45, 7) is 0. The van der Waals surface area contributed by atoms with Crippen LogP contribution in [0.2, 0.25) is 5.15 Å². The molecule has 0 radical (unpaired) electrons. The highest BCUT2D eigenvalue weighted by Crippen LogP contribution is 2.15. The fourth-order valence-electron chi connectivity index (χ4n) is 0.748. The lowest BCUT2D eigenvalue weighted by molar-refractivity contribution is 0.1000. The Morgan fingerprint density at radius 3 is 2.83 bits per heavy atom. The molecule has 0 aromatic carbocycles. The zero-order valence-corrected chi connectivity index (χ0v) is 6.67. The quantitative estimate of drug-likeness (QED) is 0.648. The molecule has 0 atom stereocenters. The van der Waals surface area contributed by atoms with E-state index in [1.807, 2.05) is 0 Å². The van der Waals surface area contributed by atoms with Gasteiger partial charge in [-0.15, -0.1) is 0 Å². The number of amides is 1. The Kier molecular flexibility index (Phi) is 2.26. The fourth-order valence-corrected chi connectivity index (χ4v) is 0.948. The Labute approximate surface area is 73.6 Å². The maximum absolute atomic E-state index is 10.7. The third kappa shape index (κ3) is 1.36. The van der Waals surface area contributed by atoms with E-state index in [-0.39, 0.29) is 16.3 Å². The van der Waals surface area contributed by atoms with Crippen molar-refractivity contribution in [3.8, 4) is 6.07 Å². The summed E-state index contributed by atoms with van der Waals surface area (Å²) in [6.07, 6.45) is 1.32. The second-order valence-electron chi connectivity index (χ2n) is 2.00. The minimum atomic E-state index is -0.684. The number of nitrogens with zero attached hydrogens (tertiary/aromatic N) is 2. The molecule has 1 aromatic rings. The average molecular weight is 182 g/mol. The molecule has 0 aliphatic rings. The molecule has 1 amide bonds. The topological polar surface area (TPSA) is 79.8 Å². The largest absolute Gasteiger partial charge is 0.366 e. The van der Waals surface area contributed by atoms with Crippen molar-refractivity contribution >= 4 is 17.5 Å². The molecule has 5 heteroatoms. The van der Waals surface area contributed by atoms with Crippen LogP contribution >= 0.6 is 11.6 Å². The number of hydrogen-bond acceptors (Lipinski definition) is 3. The minimum Gasteiger partial charge on any atom is -0.366 e. The summed E-state index contributed by atoms with van der Waals surface area (Å²) in [4.78, 5) is 14.3. The minimum absolute atomic E-state index is 0.00574. The van der Waals surface area contributed by atoms with Gasteiger partial charge in [-0.3, -0.25) is 4.79 Å². The van der Waals surface area contributed by atoms with E-state index in [4.69, 9.17) is 22.6 Å². The number of halogens is 1. The standard InChI is InChI=1S/C7H4ClN3O/c8-6-5(3-9)4(7(10)12)1-2-11-6/h1-2H,(H2,10,12). The zero-order valence-electron chi connectivity index (χ0n) is 5.91. The molecule has 1 aromatic heterocycles. The Morgan fingerprint density at radius 2 is 2.42 bits per heavy atom. The number of rotatable bonds is 1. The number of pyridine rings is 1. The van der Waals surface area contributed by atoms with Crippen LogP contribution in [0.3, 0.4) is 0 Å². The van der Waals surface area contributed by atoms with E-state index in [0.29, 0.717) is 0 Å². The maximum Gasteiger partial charge on any atom is 0.250 e. The van der Waals surface area contributed by atoms with Gasteiger partial charge in [-0.2, -0.15) is 5.26 Å². The van der Waals surface area contributed by atoms with E-state index in [1.165, 1.54) is 12.3 Å². The normalized spacial score (nSPS) is 9.00. The van der Waals surface area contributed by atoms with Crippen LogP contribution < -0.4 is 5.73 Å². The molecule has 60 valence electrons. The third-order valence-electron chi connectivity index (χ3n) is 1.28. The monoisotopic (exact) mass is 181 g/mol. The van der Waals surface area contributed by atoms with Crippen molar-refractivity contribution in [3.05, 3.63) is 28.5 Å². The highest BCUT2D eigenvalue weighted by atomic mass is 35.5. The summed E-state index contributed by atoms with van der Waals surface area (Å²) in [7, 11) is 0. The molecule has 0 spiro atoms. The van der Waals surface area contributed by atoms with Gasteiger partial charge in [-0.05, 0) is 6.07 Å². The lowest BCUT2D eigenvalue weighted by Gasteiger charge is -1.98. The fraction of sp³-hybridized carbons (Fsp3) is 0. The first-order chi connectivity index (χ1) is 5.66. The van der Waals surface area contributed by atoms with Gasteiger partial charge >= 0.3 is 0 Å². The molecule has 0 saturated heterocycles. The van der Waals surface area contributed by atoms with E-state index in [9.17, 15) is 4.79 Å². The lowest BCUT2D eigenvalue weighted by atomic mass is 10.1. The number of carbonyl (C=O) groups excluding carboxylic acids is 1. The van der Waals surface area contributed by atoms with Crippen molar-refractivity contribution in [3.63, 3.8) is 0 Å². The Morgan fingerprint density at radius 1 is 1.75 bits per heavy atom. The van der Waals surface area contributed by atoms with E-state index in [2.05, 4.69) is 4.98 Å². The van der Waals surface area contributed by atoms with Crippen LogP contribution in [0.1, 0.15) is 15.9 Å². The van der Waals surface area contributed by atoms with Crippen molar-refractivity contribution in [1.82, 2.24) is 4.98 Å². The van der Waals surface area contributed by atoms with Crippen molar-refractivity contribution < 1.29 is 4.79 Å². The predicted octanol–water partition coefficient (Wildman–Crippen LogP) is 0.706. The van der Waals surface area contributed by atoms with E-state index >= 15 is 0 Å². The molecule has 0 unspecified atom stereocenters. The van der Waals surface area contributed by atoms with Crippen molar-refractivity contribution in [2.75, 3.05) is 0 Å². The van der Waals surface area contributed by atoms with Crippen molar-refractivity contribution in [1.29, 1.82) is 5.26 Å². The smallest absolute Gasteiger partial charge is 0.250 e. The number of nitriles is 1. The molecule has 0 aliphatic carbocycles. The van der Waals surface area contributed by atoms with Crippen LogP contribution in [0.15, 0.2) is 12.3 Å². The maximum atomic E-state index is 10.7. The van der Waals surface area contributed by atoms with Gasteiger partial charge in [-0.25, -0.2) is 4.98 Å². The number of primary amides is 1. The van der Waals surface area contributed by atoms with E-state index in [0.717, 1.165) is 0 Å².